The number of hydrogen-bond donors (Lipinski definition) is 3. The standard InChI is InChI=1S/C40H40ClFN6O5/c1-52-38-26(21-48-14-11-25(20-48)40(50)51)17-32(41)39(46-38)53-34-9-8-29-28(4-2-5-30(29)34)31-6-3-7-33(35(31)42)45-37-36-24(10-13-43-37)16-23(18-44-36)19-47-15-12-27(49)22-47/h2-7,10,13,16-18,25,27,34,49H,8-9,11-12,14-15,19-22H2,1H3,(H,43,45)(H,50,51)/t25-,27-,34-/m1/s1. The molecule has 53 heavy (non-hydrogen) atoms. The Balaban J connectivity index is 1.01. The van der Waals surface area contributed by atoms with Gasteiger partial charge in [-0.15, -0.1) is 0 Å². The number of β-amino-alcohol motifs (C(OH)–C–C–N with tert-alkyl or cyclic N) is 1. The first-order valence-corrected chi connectivity index (χ1v) is 18.3. The Morgan fingerprint density at radius 2 is 1.81 bits per heavy atom. The number of benzene rings is 2. The van der Waals surface area contributed by atoms with E-state index in [2.05, 4.69) is 31.2 Å². The number of halogens is 2. The van der Waals surface area contributed by atoms with Gasteiger partial charge in [-0.05, 0) is 78.7 Å². The molecule has 0 spiro atoms. The zero-order valence-electron chi connectivity index (χ0n) is 29.3. The molecule has 2 aromatic carbocycles. The molecule has 2 fully saturated rings. The number of rotatable bonds is 11. The number of aliphatic carboxylic acids is 1. The van der Waals surface area contributed by atoms with Crippen LogP contribution in [0.3, 0.4) is 0 Å². The number of carboxylic acid groups (broad SMARTS) is 1. The fourth-order valence-corrected chi connectivity index (χ4v) is 8.09. The Morgan fingerprint density at radius 1 is 1.00 bits per heavy atom. The smallest absolute Gasteiger partial charge is 0.307 e. The predicted molar refractivity (Wildman–Crippen MR) is 199 cm³/mol. The van der Waals surface area contributed by atoms with Gasteiger partial charge in [0.25, 0.3) is 0 Å². The minimum Gasteiger partial charge on any atom is -0.481 e. The quantitative estimate of drug-likeness (QED) is 0.133. The maximum absolute atomic E-state index is 16.4. The number of likely N-dealkylation sites (tertiary alicyclic amines) is 2. The number of pyridine rings is 3. The largest absolute Gasteiger partial charge is 0.481 e. The summed E-state index contributed by atoms with van der Waals surface area (Å²) >= 11 is 6.71. The van der Waals surface area contributed by atoms with E-state index in [1.165, 1.54) is 7.11 Å². The van der Waals surface area contributed by atoms with E-state index in [0.29, 0.717) is 85.5 Å². The topological polar surface area (TPSA) is 133 Å². The molecule has 3 N–H and O–H groups in total. The van der Waals surface area contributed by atoms with Gasteiger partial charge in [0.2, 0.25) is 11.8 Å². The zero-order valence-corrected chi connectivity index (χ0v) is 30.0. The molecular weight excluding hydrogens is 699 g/mol. The summed E-state index contributed by atoms with van der Waals surface area (Å²) in [5.74, 6) is -0.485. The Hall–Kier alpha value is -4.88. The number of anilines is 2. The number of carboxylic acids is 1. The Bertz CT molecular complexity index is 2190. The van der Waals surface area contributed by atoms with Crippen molar-refractivity contribution in [3.63, 3.8) is 0 Å². The van der Waals surface area contributed by atoms with Crippen LogP contribution >= 0.6 is 11.6 Å². The monoisotopic (exact) mass is 738 g/mol. The summed E-state index contributed by atoms with van der Waals surface area (Å²) in [6, 6.07) is 16.9. The van der Waals surface area contributed by atoms with Crippen molar-refractivity contribution in [1.82, 2.24) is 24.8 Å². The Morgan fingerprint density at radius 3 is 2.60 bits per heavy atom. The number of carbonyl (C=O) groups is 1. The van der Waals surface area contributed by atoms with Gasteiger partial charge >= 0.3 is 5.97 Å². The van der Waals surface area contributed by atoms with E-state index in [0.717, 1.165) is 46.2 Å². The van der Waals surface area contributed by atoms with Gasteiger partial charge in [-0.2, -0.15) is 4.98 Å². The fraction of sp³-hybridized carbons (Fsp3) is 0.350. The number of ether oxygens (including phenoxy) is 2. The van der Waals surface area contributed by atoms with Gasteiger partial charge in [0.05, 0.1) is 24.8 Å². The summed E-state index contributed by atoms with van der Waals surface area (Å²) in [6.45, 7) is 3.80. The normalized spacial score (nSPS) is 20.2. The van der Waals surface area contributed by atoms with Crippen LogP contribution in [0.5, 0.6) is 11.8 Å². The van der Waals surface area contributed by atoms with E-state index in [-0.39, 0.29) is 24.0 Å². The van der Waals surface area contributed by atoms with Crippen LogP contribution in [-0.2, 0) is 24.3 Å². The molecule has 8 rings (SSSR count). The molecule has 13 heteroatoms. The lowest BCUT2D eigenvalue weighted by Gasteiger charge is -2.20. The first-order valence-electron chi connectivity index (χ1n) is 17.9. The third kappa shape index (κ3) is 7.24. The summed E-state index contributed by atoms with van der Waals surface area (Å²) in [7, 11) is 1.54. The molecule has 0 unspecified atom stereocenters. The minimum absolute atomic E-state index is 0.246. The second-order valence-corrected chi connectivity index (χ2v) is 14.5. The fourth-order valence-electron chi connectivity index (χ4n) is 7.87. The predicted octanol–water partition coefficient (Wildman–Crippen LogP) is 6.78. The molecule has 0 radical (unpaired) electrons. The van der Waals surface area contributed by atoms with Crippen molar-refractivity contribution in [1.29, 1.82) is 0 Å². The molecule has 1 aliphatic carbocycles. The summed E-state index contributed by atoms with van der Waals surface area (Å²) in [5, 5.41) is 23.7. The van der Waals surface area contributed by atoms with Gasteiger partial charge in [-0.25, -0.2) is 9.37 Å². The first-order chi connectivity index (χ1) is 25.7. The molecule has 2 aliphatic heterocycles. The molecule has 274 valence electrons. The molecule has 3 aliphatic rings. The summed E-state index contributed by atoms with van der Waals surface area (Å²) < 4.78 is 28.4. The molecule has 3 aromatic heterocycles. The number of methoxy groups -OCH3 is 1. The zero-order chi connectivity index (χ0) is 36.6. The lowest BCUT2D eigenvalue weighted by molar-refractivity contribution is -0.141. The SMILES string of the molecule is COc1nc(O[C@@H]2CCc3c(-c4cccc(Nc5nccc6cc(CN7CC[C@@H](O)C7)cnc56)c4F)cccc32)c(Cl)cc1CN1CC[C@@H](C(=O)O)C1. The van der Waals surface area contributed by atoms with Crippen molar-refractivity contribution in [3.05, 3.63) is 100 Å². The molecular formula is C40H40ClFN6O5. The number of hydrogen-bond acceptors (Lipinski definition) is 10. The third-order valence-electron chi connectivity index (χ3n) is 10.5. The highest BCUT2D eigenvalue weighted by Crippen LogP contribution is 2.43. The van der Waals surface area contributed by atoms with Gasteiger partial charge in [-0.1, -0.05) is 41.9 Å². The van der Waals surface area contributed by atoms with Gasteiger partial charge in [0, 0.05) is 61.6 Å². The minimum atomic E-state index is -0.784. The van der Waals surface area contributed by atoms with Crippen LogP contribution in [-0.4, -0.2) is 80.3 Å². The highest BCUT2D eigenvalue weighted by molar-refractivity contribution is 6.31. The summed E-state index contributed by atoms with van der Waals surface area (Å²) in [4.78, 5) is 29.5. The molecule has 0 amide bonds. The van der Waals surface area contributed by atoms with E-state index < -0.39 is 11.8 Å². The number of aliphatic hydroxyl groups excluding tert-OH is 1. The molecule has 0 bridgehead atoms. The van der Waals surface area contributed by atoms with Crippen LogP contribution in [0, 0.1) is 11.7 Å². The average molecular weight is 739 g/mol. The summed E-state index contributed by atoms with van der Waals surface area (Å²) in [6.07, 6.45) is 5.58. The van der Waals surface area contributed by atoms with Crippen molar-refractivity contribution in [3.8, 4) is 22.9 Å². The number of nitrogens with zero attached hydrogens (tertiary/aromatic N) is 5. The molecule has 3 atom stereocenters. The van der Waals surface area contributed by atoms with Crippen LogP contribution in [0.2, 0.25) is 5.02 Å². The number of nitrogens with one attached hydrogen (secondary N) is 1. The van der Waals surface area contributed by atoms with E-state index in [1.807, 2.05) is 36.5 Å². The van der Waals surface area contributed by atoms with Crippen LogP contribution in [0.25, 0.3) is 22.0 Å². The maximum Gasteiger partial charge on any atom is 0.307 e. The number of aromatic nitrogens is 3. The van der Waals surface area contributed by atoms with Gasteiger partial charge in [-0.3, -0.25) is 19.6 Å². The molecule has 5 aromatic rings. The second kappa shape index (κ2) is 14.9. The number of aliphatic hydroxyl groups is 1. The van der Waals surface area contributed by atoms with Crippen molar-refractivity contribution in [2.24, 2.45) is 5.92 Å². The van der Waals surface area contributed by atoms with Crippen LogP contribution in [0.15, 0.2) is 67.0 Å². The lowest BCUT2D eigenvalue weighted by atomic mass is 9.96. The van der Waals surface area contributed by atoms with Crippen LogP contribution < -0.4 is 14.8 Å². The Labute approximate surface area is 311 Å². The first kappa shape index (κ1) is 35.2. The highest BCUT2D eigenvalue weighted by atomic mass is 35.5. The number of fused-ring (bicyclic) bond motifs is 2. The maximum atomic E-state index is 16.4. The third-order valence-corrected chi connectivity index (χ3v) is 10.8. The van der Waals surface area contributed by atoms with Gasteiger partial charge < -0.3 is 25.0 Å². The van der Waals surface area contributed by atoms with Crippen LogP contribution in [0.4, 0.5) is 15.9 Å². The van der Waals surface area contributed by atoms with Crippen molar-refractivity contribution < 1.29 is 28.9 Å². The van der Waals surface area contributed by atoms with Crippen molar-refractivity contribution >= 4 is 40.0 Å². The molecule has 11 nitrogen and oxygen atoms in total. The Kier molecular flexibility index (Phi) is 9.86. The average Bonchev–Trinajstić information content (AvgIpc) is 3.90. The second-order valence-electron chi connectivity index (χ2n) is 14.1. The van der Waals surface area contributed by atoms with E-state index >= 15 is 4.39 Å². The molecule has 5 heterocycles. The molecule has 0 saturated carbocycles. The van der Waals surface area contributed by atoms with Crippen molar-refractivity contribution in [2.45, 2.75) is 51.0 Å². The van der Waals surface area contributed by atoms with E-state index in [9.17, 15) is 15.0 Å². The summed E-state index contributed by atoms with van der Waals surface area (Å²) in [5.41, 5.74) is 5.92. The molecule has 2 saturated heterocycles. The van der Waals surface area contributed by atoms with Gasteiger partial charge in [0.15, 0.2) is 11.6 Å². The lowest BCUT2D eigenvalue weighted by Crippen LogP contribution is -2.23. The van der Waals surface area contributed by atoms with E-state index in [4.69, 9.17) is 26.1 Å². The van der Waals surface area contributed by atoms with Crippen molar-refractivity contribution in [2.75, 3.05) is 38.6 Å². The van der Waals surface area contributed by atoms with Crippen LogP contribution in [0.1, 0.15) is 47.6 Å². The van der Waals surface area contributed by atoms with Gasteiger partial charge in [0.1, 0.15) is 16.6 Å². The highest BCUT2D eigenvalue weighted by Gasteiger charge is 2.31. The van der Waals surface area contributed by atoms with E-state index in [1.54, 1.807) is 24.4 Å².